The van der Waals surface area contributed by atoms with Gasteiger partial charge in [0.2, 0.25) is 0 Å². The van der Waals surface area contributed by atoms with Crippen molar-refractivity contribution in [3.63, 3.8) is 0 Å². The fourth-order valence-electron chi connectivity index (χ4n) is 2.81. The molecule has 1 aromatic heterocycles. The van der Waals surface area contributed by atoms with Crippen LogP contribution < -0.4 is 0 Å². The van der Waals surface area contributed by atoms with Crippen molar-refractivity contribution in [3.05, 3.63) is 54.5 Å². The van der Waals surface area contributed by atoms with Crippen LogP contribution in [0.5, 0.6) is 0 Å². The molecule has 1 fully saturated rings. The van der Waals surface area contributed by atoms with Crippen LogP contribution in [0.15, 0.2) is 28.7 Å². The normalized spacial score (nSPS) is 15.6. The fourth-order valence-corrected chi connectivity index (χ4v) is 3.96. The van der Waals surface area contributed by atoms with Crippen LogP contribution in [0.25, 0.3) is 0 Å². The number of nitrogens with zero attached hydrogens (tertiary/aromatic N) is 2. The summed E-state index contributed by atoms with van der Waals surface area (Å²) >= 11 is 12.1. The number of benzene rings is 1. The molecule has 1 saturated carbocycles. The molecule has 0 N–H and O–H groups in total. The first kappa shape index (κ1) is 15.7. The Morgan fingerprint density at radius 2 is 1.81 bits per heavy atom. The minimum atomic E-state index is 0.557. The van der Waals surface area contributed by atoms with E-state index in [4.69, 9.17) is 16.6 Å². The van der Waals surface area contributed by atoms with Gasteiger partial charge in [-0.2, -0.15) is 0 Å². The molecular weight excluding hydrogens is 462 g/mol. The van der Waals surface area contributed by atoms with E-state index in [2.05, 4.69) is 55.6 Å². The summed E-state index contributed by atoms with van der Waals surface area (Å²) in [6.45, 7) is 0. The second-order valence-corrected chi connectivity index (χ2v) is 7.77. The second kappa shape index (κ2) is 6.92. The third-order valence-electron chi connectivity index (χ3n) is 3.90. The van der Waals surface area contributed by atoms with Crippen LogP contribution in [0, 0.1) is 3.57 Å². The first-order valence-corrected chi connectivity index (χ1v) is 9.34. The molecule has 0 saturated heterocycles. The molecule has 5 heteroatoms. The molecule has 0 bridgehead atoms. The molecular formula is C16H15BrClIN2. The van der Waals surface area contributed by atoms with Crippen molar-refractivity contribution in [2.24, 2.45) is 0 Å². The third kappa shape index (κ3) is 3.77. The van der Waals surface area contributed by atoms with E-state index in [1.165, 1.54) is 31.2 Å². The van der Waals surface area contributed by atoms with E-state index in [0.717, 1.165) is 26.0 Å². The lowest BCUT2D eigenvalue weighted by Gasteiger charge is -2.13. The SMILES string of the molecule is Clc1nc(Cc2ccc(Br)cc2)nc(C2CCCC2)c1I. The van der Waals surface area contributed by atoms with Gasteiger partial charge in [0, 0.05) is 16.8 Å². The van der Waals surface area contributed by atoms with Gasteiger partial charge in [0.05, 0.1) is 9.26 Å². The summed E-state index contributed by atoms with van der Waals surface area (Å²) in [5.41, 5.74) is 2.35. The quantitative estimate of drug-likeness (QED) is 0.416. The van der Waals surface area contributed by atoms with Crippen molar-refractivity contribution in [2.45, 2.75) is 38.0 Å². The Balaban J connectivity index is 1.90. The van der Waals surface area contributed by atoms with Crippen LogP contribution in [0.3, 0.4) is 0 Å². The van der Waals surface area contributed by atoms with Gasteiger partial charge < -0.3 is 0 Å². The van der Waals surface area contributed by atoms with Crippen molar-refractivity contribution in [2.75, 3.05) is 0 Å². The average molecular weight is 478 g/mol. The lowest BCUT2D eigenvalue weighted by molar-refractivity contribution is 0.680. The third-order valence-corrected chi connectivity index (χ3v) is 6.08. The van der Waals surface area contributed by atoms with Crippen LogP contribution in [0.4, 0.5) is 0 Å². The molecule has 3 rings (SSSR count). The zero-order valence-electron chi connectivity index (χ0n) is 11.5. The maximum atomic E-state index is 6.32. The predicted octanol–water partition coefficient (Wildman–Crippen LogP) is 5.75. The average Bonchev–Trinajstić information content (AvgIpc) is 2.99. The van der Waals surface area contributed by atoms with E-state index < -0.39 is 0 Å². The highest BCUT2D eigenvalue weighted by molar-refractivity contribution is 14.1. The van der Waals surface area contributed by atoms with Crippen LogP contribution in [0.2, 0.25) is 5.15 Å². The van der Waals surface area contributed by atoms with Gasteiger partial charge in [0.1, 0.15) is 11.0 Å². The Bertz CT molecular complexity index is 639. The first-order chi connectivity index (χ1) is 10.1. The Morgan fingerprint density at radius 1 is 1.14 bits per heavy atom. The summed E-state index contributed by atoms with van der Waals surface area (Å²) in [7, 11) is 0. The van der Waals surface area contributed by atoms with Gasteiger partial charge in [0.15, 0.2) is 0 Å². The first-order valence-electron chi connectivity index (χ1n) is 7.10. The lowest BCUT2D eigenvalue weighted by atomic mass is 10.0. The maximum Gasteiger partial charge on any atom is 0.146 e. The zero-order chi connectivity index (χ0) is 14.8. The molecule has 110 valence electrons. The molecule has 2 aromatic rings. The standard InChI is InChI=1S/C16H15BrClIN2/c17-12-7-5-10(6-8-12)9-13-20-15(11-3-1-2-4-11)14(19)16(18)21-13/h5-8,11H,1-4,9H2. The molecule has 0 amide bonds. The summed E-state index contributed by atoms with van der Waals surface area (Å²) in [6.07, 6.45) is 5.76. The van der Waals surface area contributed by atoms with E-state index in [0.29, 0.717) is 11.1 Å². The van der Waals surface area contributed by atoms with Crippen molar-refractivity contribution >= 4 is 50.1 Å². The summed E-state index contributed by atoms with van der Waals surface area (Å²) in [5.74, 6) is 1.38. The molecule has 0 radical (unpaired) electrons. The molecule has 21 heavy (non-hydrogen) atoms. The molecule has 0 atom stereocenters. The summed E-state index contributed by atoms with van der Waals surface area (Å²) < 4.78 is 2.11. The highest BCUT2D eigenvalue weighted by Gasteiger charge is 2.23. The maximum absolute atomic E-state index is 6.32. The van der Waals surface area contributed by atoms with E-state index in [1.54, 1.807) is 0 Å². The molecule has 1 aliphatic rings. The molecule has 0 spiro atoms. The predicted molar refractivity (Wildman–Crippen MR) is 97.9 cm³/mol. The number of aromatic nitrogens is 2. The van der Waals surface area contributed by atoms with Crippen LogP contribution in [-0.4, -0.2) is 9.97 Å². The number of hydrogen-bond donors (Lipinski definition) is 0. The van der Waals surface area contributed by atoms with E-state index >= 15 is 0 Å². The van der Waals surface area contributed by atoms with Gasteiger partial charge in [-0.3, -0.25) is 0 Å². The van der Waals surface area contributed by atoms with E-state index in [9.17, 15) is 0 Å². The Labute approximate surface area is 152 Å². The second-order valence-electron chi connectivity index (χ2n) is 5.41. The Hall–Kier alpha value is -0.200. The van der Waals surface area contributed by atoms with Gasteiger partial charge in [-0.15, -0.1) is 0 Å². The summed E-state index contributed by atoms with van der Waals surface area (Å²) in [4.78, 5) is 9.28. The molecule has 1 aliphatic carbocycles. The van der Waals surface area contributed by atoms with Crippen molar-refractivity contribution < 1.29 is 0 Å². The number of halogens is 3. The Kier molecular flexibility index (Phi) is 5.17. The van der Waals surface area contributed by atoms with Crippen LogP contribution >= 0.6 is 50.1 Å². The molecule has 1 heterocycles. The minimum absolute atomic E-state index is 0.557. The van der Waals surface area contributed by atoms with Gasteiger partial charge in [-0.05, 0) is 53.1 Å². The lowest BCUT2D eigenvalue weighted by Crippen LogP contribution is -2.07. The highest BCUT2D eigenvalue weighted by atomic mass is 127. The van der Waals surface area contributed by atoms with Crippen molar-refractivity contribution in [1.82, 2.24) is 9.97 Å². The van der Waals surface area contributed by atoms with Crippen LogP contribution in [0.1, 0.15) is 48.7 Å². The smallest absolute Gasteiger partial charge is 0.146 e. The van der Waals surface area contributed by atoms with E-state index in [-0.39, 0.29) is 0 Å². The minimum Gasteiger partial charge on any atom is -0.236 e. The largest absolute Gasteiger partial charge is 0.236 e. The van der Waals surface area contributed by atoms with Gasteiger partial charge >= 0.3 is 0 Å². The van der Waals surface area contributed by atoms with Gasteiger partial charge in [-0.25, -0.2) is 9.97 Å². The summed E-state index contributed by atoms with van der Waals surface area (Å²) in [5, 5.41) is 0.597. The summed E-state index contributed by atoms with van der Waals surface area (Å²) in [6, 6.07) is 8.27. The number of hydrogen-bond acceptors (Lipinski definition) is 2. The van der Waals surface area contributed by atoms with E-state index in [1.807, 2.05) is 12.1 Å². The van der Waals surface area contributed by atoms with Crippen molar-refractivity contribution in [3.8, 4) is 0 Å². The van der Waals surface area contributed by atoms with Crippen molar-refractivity contribution in [1.29, 1.82) is 0 Å². The monoisotopic (exact) mass is 476 g/mol. The van der Waals surface area contributed by atoms with Gasteiger partial charge in [-0.1, -0.05) is 52.5 Å². The van der Waals surface area contributed by atoms with Gasteiger partial charge in [0.25, 0.3) is 0 Å². The molecule has 0 aliphatic heterocycles. The highest BCUT2D eigenvalue weighted by Crippen LogP contribution is 2.36. The molecule has 1 aromatic carbocycles. The molecule has 2 nitrogen and oxygen atoms in total. The van der Waals surface area contributed by atoms with Crippen LogP contribution in [-0.2, 0) is 6.42 Å². The zero-order valence-corrected chi connectivity index (χ0v) is 16.0. The Morgan fingerprint density at radius 3 is 2.48 bits per heavy atom. The molecule has 0 unspecified atom stereocenters. The number of rotatable bonds is 3. The topological polar surface area (TPSA) is 25.8 Å². The fraction of sp³-hybridized carbons (Fsp3) is 0.375.